The predicted octanol–water partition coefficient (Wildman–Crippen LogP) is 0.825. The third kappa shape index (κ3) is 3.84. The second kappa shape index (κ2) is 4.44. The van der Waals surface area contributed by atoms with E-state index in [-0.39, 0.29) is 4.90 Å². The van der Waals surface area contributed by atoms with Crippen molar-refractivity contribution in [2.75, 3.05) is 6.54 Å². The number of hydrogen-bond donors (Lipinski definition) is 2. The van der Waals surface area contributed by atoms with E-state index in [1.807, 2.05) is 0 Å². The van der Waals surface area contributed by atoms with Gasteiger partial charge in [-0.3, -0.25) is 5.73 Å². The van der Waals surface area contributed by atoms with E-state index in [1.165, 1.54) is 12.1 Å². The van der Waals surface area contributed by atoms with Crippen molar-refractivity contribution in [1.82, 2.24) is 4.72 Å². The molecule has 0 unspecified atom stereocenters. The molecule has 0 aliphatic rings. The van der Waals surface area contributed by atoms with Gasteiger partial charge in [0.2, 0.25) is 10.0 Å². The first-order valence-corrected chi connectivity index (χ1v) is 5.92. The van der Waals surface area contributed by atoms with E-state index >= 15 is 0 Å². The standard InChI is InChI=1S/C9H12F2N2O2S/c1-7-2-4-8(5-3-7)16(14,15)13-6-9(10,11)12/h2-5,13H,6,12H2,1H3. The normalized spacial score (nSPS) is 12.8. The van der Waals surface area contributed by atoms with Crippen LogP contribution in [0.4, 0.5) is 8.78 Å². The van der Waals surface area contributed by atoms with Crippen LogP contribution in [0.5, 0.6) is 0 Å². The Morgan fingerprint density at radius 1 is 1.31 bits per heavy atom. The number of rotatable bonds is 4. The maximum Gasteiger partial charge on any atom is 0.313 e. The summed E-state index contributed by atoms with van der Waals surface area (Å²) in [7, 11) is -3.92. The van der Waals surface area contributed by atoms with Crippen molar-refractivity contribution in [3.63, 3.8) is 0 Å². The predicted molar refractivity (Wildman–Crippen MR) is 55.5 cm³/mol. The lowest BCUT2D eigenvalue weighted by Gasteiger charge is -2.11. The summed E-state index contributed by atoms with van der Waals surface area (Å²) >= 11 is 0. The molecule has 16 heavy (non-hydrogen) atoms. The number of alkyl halides is 2. The monoisotopic (exact) mass is 250 g/mol. The molecule has 0 heterocycles. The molecule has 0 saturated heterocycles. The van der Waals surface area contributed by atoms with Crippen LogP contribution in [0.3, 0.4) is 0 Å². The Balaban J connectivity index is 2.83. The second-order valence-corrected chi connectivity index (χ2v) is 5.17. The number of hydrogen-bond acceptors (Lipinski definition) is 3. The molecule has 0 aliphatic heterocycles. The summed E-state index contributed by atoms with van der Waals surface area (Å²) in [5.41, 5.74) is 5.26. The summed E-state index contributed by atoms with van der Waals surface area (Å²) in [6, 6.07) is 2.28. The highest BCUT2D eigenvalue weighted by molar-refractivity contribution is 7.89. The highest BCUT2D eigenvalue weighted by Gasteiger charge is 2.25. The fourth-order valence-corrected chi connectivity index (χ4v) is 2.04. The Morgan fingerprint density at radius 3 is 2.25 bits per heavy atom. The van der Waals surface area contributed by atoms with E-state index < -0.39 is 22.6 Å². The number of aryl methyl sites for hydroxylation is 1. The van der Waals surface area contributed by atoms with Crippen molar-refractivity contribution in [3.8, 4) is 0 Å². The highest BCUT2D eigenvalue weighted by Crippen LogP contribution is 2.11. The fourth-order valence-electron chi connectivity index (χ4n) is 0.992. The fraction of sp³-hybridized carbons (Fsp3) is 0.333. The van der Waals surface area contributed by atoms with Crippen molar-refractivity contribution in [3.05, 3.63) is 29.8 Å². The molecule has 3 N–H and O–H groups in total. The zero-order chi connectivity index (χ0) is 12.4. The molecule has 4 nitrogen and oxygen atoms in total. The first-order chi connectivity index (χ1) is 7.21. The quantitative estimate of drug-likeness (QED) is 0.777. The number of nitrogens with one attached hydrogen (secondary N) is 1. The Bertz CT molecular complexity index is 451. The third-order valence-corrected chi connectivity index (χ3v) is 3.25. The van der Waals surface area contributed by atoms with Gasteiger partial charge >= 0.3 is 6.05 Å². The number of halogens is 2. The Hall–Kier alpha value is -1.05. The molecule has 90 valence electrons. The largest absolute Gasteiger partial charge is 0.313 e. The van der Waals surface area contributed by atoms with Gasteiger partial charge in [0.25, 0.3) is 0 Å². The molecule has 0 bridgehead atoms. The van der Waals surface area contributed by atoms with E-state index in [0.29, 0.717) is 0 Å². The number of sulfonamides is 1. The lowest BCUT2D eigenvalue weighted by molar-refractivity contribution is 0.0143. The molecule has 0 aromatic heterocycles. The zero-order valence-corrected chi connectivity index (χ0v) is 9.39. The van der Waals surface area contributed by atoms with Gasteiger partial charge in [0.15, 0.2) is 0 Å². The van der Waals surface area contributed by atoms with Crippen LogP contribution in [0.1, 0.15) is 5.56 Å². The van der Waals surface area contributed by atoms with E-state index in [4.69, 9.17) is 0 Å². The SMILES string of the molecule is Cc1ccc(S(=O)(=O)NCC(N)(F)F)cc1. The van der Waals surface area contributed by atoms with Crippen molar-refractivity contribution in [1.29, 1.82) is 0 Å². The molecule has 7 heteroatoms. The number of nitrogens with two attached hydrogens (primary N) is 1. The van der Waals surface area contributed by atoms with Crippen LogP contribution in [0.15, 0.2) is 29.2 Å². The third-order valence-electron chi connectivity index (χ3n) is 1.83. The minimum absolute atomic E-state index is 0.0673. The van der Waals surface area contributed by atoms with Crippen molar-refractivity contribution in [2.24, 2.45) is 5.73 Å². The smallest absolute Gasteiger partial charge is 0.271 e. The van der Waals surface area contributed by atoms with E-state index in [0.717, 1.165) is 5.56 Å². The molecule has 0 saturated carbocycles. The molecule has 0 amide bonds. The van der Waals surface area contributed by atoms with Crippen molar-refractivity contribution < 1.29 is 17.2 Å². The Labute approximate surface area is 92.5 Å². The first-order valence-electron chi connectivity index (χ1n) is 4.44. The average molecular weight is 250 g/mol. The molecule has 0 atom stereocenters. The first kappa shape index (κ1) is 13.0. The van der Waals surface area contributed by atoms with Gasteiger partial charge in [-0.1, -0.05) is 17.7 Å². The summed E-state index contributed by atoms with van der Waals surface area (Å²) in [6.07, 6.45) is 0. The van der Waals surface area contributed by atoms with Gasteiger partial charge in [-0.15, -0.1) is 0 Å². The average Bonchev–Trinajstić information content (AvgIpc) is 2.15. The lowest BCUT2D eigenvalue weighted by atomic mass is 10.2. The molecule has 0 aliphatic carbocycles. The minimum atomic E-state index is -3.92. The van der Waals surface area contributed by atoms with E-state index in [9.17, 15) is 17.2 Å². The second-order valence-electron chi connectivity index (χ2n) is 3.40. The lowest BCUT2D eigenvalue weighted by Crippen LogP contribution is -2.42. The summed E-state index contributed by atoms with van der Waals surface area (Å²) in [6.45, 7) is 0.668. The summed E-state index contributed by atoms with van der Waals surface area (Å²) in [4.78, 5) is -0.0673. The van der Waals surface area contributed by atoms with Gasteiger partial charge in [-0.25, -0.2) is 13.1 Å². The Morgan fingerprint density at radius 2 is 1.81 bits per heavy atom. The van der Waals surface area contributed by atoms with Crippen LogP contribution in [0.25, 0.3) is 0 Å². The van der Waals surface area contributed by atoms with Crippen LogP contribution in [-0.4, -0.2) is 21.0 Å². The summed E-state index contributed by atoms with van der Waals surface area (Å²) in [5.74, 6) is 0. The molecular weight excluding hydrogens is 238 g/mol. The molecular formula is C9H12F2N2O2S. The van der Waals surface area contributed by atoms with Crippen LogP contribution in [-0.2, 0) is 10.0 Å². The van der Waals surface area contributed by atoms with Crippen LogP contribution >= 0.6 is 0 Å². The molecule has 1 aromatic carbocycles. The van der Waals surface area contributed by atoms with Crippen LogP contribution in [0, 0.1) is 6.92 Å². The number of benzene rings is 1. The topological polar surface area (TPSA) is 72.2 Å². The van der Waals surface area contributed by atoms with Crippen LogP contribution < -0.4 is 10.5 Å². The minimum Gasteiger partial charge on any atom is -0.271 e. The zero-order valence-electron chi connectivity index (χ0n) is 8.57. The maximum absolute atomic E-state index is 12.3. The molecule has 0 radical (unpaired) electrons. The van der Waals surface area contributed by atoms with Gasteiger partial charge in [0, 0.05) is 0 Å². The van der Waals surface area contributed by atoms with Gasteiger partial charge < -0.3 is 0 Å². The van der Waals surface area contributed by atoms with Crippen molar-refractivity contribution in [2.45, 2.75) is 17.9 Å². The van der Waals surface area contributed by atoms with Gasteiger partial charge in [0.1, 0.15) is 0 Å². The molecule has 0 fully saturated rings. The van der Waals surface area contributed by atoms with E-state index in [2.05, 4.69) is 5.73 Å². The molecule has 1 aromatic rings. The molecule has 1 rings (SSSR count). The maximum atomic E-state index is 12.3. The van der Waals surface area contributed by atoms with Crippen LogP contribution in [0.2, 0.25) is 0 Å². The van der Waals surface area contributed by atoms with Crippen molar-refractivity contribution >= 4 is 10.0 Å². The van der Waals surface area contributed by atoms with E-state index in [1.54, 1.807) is 23.8 Å². The summed E-state index contributed by atoms with van der Waals surface area (Å²) < 4.78 is 49.3. The summed E-state index contributed by atoms with van der Waals surface area (Å²) in [5, 5.41) is 0. The van der Waals surface area contributed by atoms with Gasteiger partial charge in [0.05, 0.1) is 11.4 Å². The highest BCUT2D eigenvalue weighted by atomic mass is 32.2. The van der Waals surface area contributed by atoms with Gasteiger partial charge in [-0.05, 0) is 19.1 Å². The van der Waals surface area contributed by atoms with Gasteiger partial charge in [-0.2, -0.15) is 8.78 Å². The Kier molecular flexibility index (Phi) is 3.61. The molecule has 0 spiro atoms.